The molecule has 3 unspecified atom stereocenters. The summed E-state index contributed by atoms with van der Waals surface area (Å²) in [5, 5.41) is 0.340. The summed E-state index contributed by atoms with van der Waals surface area (Å²) in [5.74, 6) is 0.718. The maximum atomic E-state index is 15.1. The Hall–Kier alpha value is -3.41. The van der Waals surface area contributed by atoms with E-state index in [4.69, 9.17) is 9.47 Å². The van der Waals surface area contributed by atoms with Gasteiger partial charge in [0.15, 0.2) is 0 Å². The number of nitrogens with zero attached hydrogens (tertiary/aromatic N) is 3. The number of nitrogens with one attached hydrogen (secondary N) is 1. The molecule has 0 radical (unpaired) electrons. The van der Waals surface area contributed by atoms with Crippen molar-refractivity contribution in [2.75, 3.05) is 40.5 Å². The molecule has 256 valence electrons. The van der Waals surface area contributed by atoms with Crippen LogP contribution in [0, 0.1) is 5.41 Å². The third-order valence-electron chi connectivity index (χ3n) is 11.8. The maximum absolute atomic E-state index is 15.1. The molecule has 3 aromatic rings. The maximum Gasteiger partial charge on any atom is 0.264 e. The van der Waals surface area contributed by atoms with Gasteiger partial charge in [-0.15, -0.1) is 0 Å². The number of ether oxygens (including phenoxy) is 2. The summed E-state index contributed by atoms with van der Waals surface area (Å²) in [6.45, 7) is 6.26. The summed E-state index contributed by atoms with van der Waals surface area (Å²) in [5.41, 5.74) is 5.21. The number of carbonyl (C=O) groups excluding carboxylic acids is 2. The van der Waals surface area contributed by atoms with E-state index in [2.05, 4.69) is 38.3 Å². The molecule has 2 bridgehead atoms. The Balaban J connectivity index is 1.32. The Labute approximate surface area is 282 Å². The average molecular weight is 675 g/mol. The van der Waals surface area contributed by atoms with Crippen molar-refractivity contribution in [3.8, 4) is 17.0 Å². The van der Waals surface area contributed by atoms with Gasteiger partial charge in [0, 0.05) is 47.6 Å². The lowest BCUT2D eigenvalue weighted by atomic mass is 9.81. The lowest BCUT2D eigenvalue weighted by Gasteiger charge is -2.50. The van der Waals surface area contributed by atoms with Crippen molar-refractivity contribution < 1.29 is 27.5 Å². The summed E-state index contributed by atoms with van der Waals surface area (Å²) in [6, 6.07) is 11.9. The molecule has 3 aliphatic heterocycles. The van der Waals surface area contributed by atoms with Gasteiger partial charge in [-0.05, 0) is 87.5 Å². The number of benzene rings is 2. The number of morpholine rings is 1. The minimum atomic E-state index is -3.81. The van der Waals surface area contributed by atoms with Crippen molar-refractivity contribution in [1.29, 1.82) is 0 Å². The zero-order valence-corrected chi connectivity index (χ0v) is 29.1. The number of carbonyl (C=O) groups is 2. The second kappa shape index (κ2) is 11.6. The minimum absolute atomic E-state index is 0.00976. The van der Waals surface area contributed by atoms with E-state index in [9.17, 15) is 13.2 Å². The SMILES string of the molecule is COc1ccc2c(c1)C1CC1(C(=O)N1C3COC[C@H]1CN(C)C3)Cn1c-2c(C2CCCCC2)c2ccc(C(=O)NS(=O)(=O)C(C)C)cc21. The molecule has 2 saturated heterocycles. The predicted octanol–water partition coefficient (Wildman–Crippen LogP) is 4.86. The molecule has 1 N–H and O–H groups in total. The largest absolute Gasteiger partial charge is 0.497 e. The lowest BCUT2D eigenvalue weighted by Crippen LogP contribution is -2.66. The van der Waals surface area contributed by atoms with Gasteiger partial charge < -0.3 is 23.8 Å². The van der Waals surface area contributed by atoms with Crippen LogP contribution in [0.15, 0.2) is 36.4 Å². The quantitative estimate of drug-likeness (QED) is 0.398. The summed E-state index contributed by atoms with van der Waals surface area (Å²) in [4.78, 5) is 33.0. The van der Waals surface area contributed by atoms with Crippen molar-refractivity contribution in [2.45, 2.75) is 88.1 Å². The fourth-order valence-corrected chi connectivity index (χ4v) is 9.80. The Morgan fingerprint density at radius 1 is 1.02 bits per heavy atom. The second-order valence-electron chi connectivity index (χ2n) is 15.1. The minimum Gasteiger partial charge on any atom is -0.497 e. The highest BCUT2D eigenvalue weighted by Gasteiger charge is 2.65. The molecule has 2 saturated carbocycles. The fourth-order valence-electron chi connectivity index (χ4n) is 9.19. The number of aromatic nitrogens is 1. The van der Waals surface area contributed by atoms with Crippen LogP contribution in [0.2, 0.25) is 0 Å². The Morgan fingerprint density at radius 3 is 2.44 bits per heavy atom. The van der Waals surface area contributed by atoms with Crippen molar-refractivity contribution in [1.82, 2.24) is 19.1 Å². The molecule has 1 aromatic heterocycles. The van der Waals surface area contributed by atoms with Gasteiger partial charge in [0.1, 0.15) is 5.75 Å². The average Bonchev–Trinajstić information content (AvgIpc) is 3.73. The third-order valence-corrected chi connectivity index (χ3v) is 13.5. The van der Waals surface area contributed by atoms with Crippen LogP contribution in [0.1, 0.15) is 85.7 Å². The number of hydrogen-bond acceptors (Lipinski definition) is 7. The number of fused-ring (bicyclic) bond motifs is 9. The van der Waals surface area contributed by atoms with Gasteiger partial charge in [-0.3, -0.25) is 9.59 Å². The Bertz CT molecular complexity index is 1900. The molecule has 4 atom stereocenters. The molecular formula is C37H46N4O6S. The van der Waals surface area contributed by atoms with Crippen LogP contribution in [-0.2, 0) is 26.1 Å². The van der Waals surface area contributed by atoms with Gasteiger partial charge in [-0.1, -0.05) is 25.3 Å². The summed E-state index contributed by atoms with van der Waals surface area (Å²) >= 11 is 0. The summed E-state index contributed by atoms with van der Waals surface area (Å²) < 4.78 is 41.6. The third kappa shape index (κ3) is 4.98. The van der Waals surface area contributed by atoms with Gasteiger partial charge in [0.25, 0.3) is 5.91 Å². The van der Waals surface area contributed by atoms with Crippen LogP contribution in [0.25, 0.3) is 22.2 Å². The summed E-state index contributed by atoms with van der Waals surface area (Å²) in [7, 11) is -0.00776. The molecule has 48 heavy (non-hydrogen) atoms. The van der Waals surface area contributed by atoms with E-state index in [1.54, 1.807) is 27.0 Å². The van der Waals surface area contributed by atoms with Crippen molar-refractivity contribution in [2.24, 2.45) is 5.41 Å². The van der Waals surface area contributed by atoms with E-state index in [1.165, 1.54) is 24.8 Å². The zero-order valence-electron chi connectivity index (χ0n) is 28.3. The highest BCUT2D eigenvalue weighted by atomic mass is 32.2. The highest BCUT2D eigenvalue weighted by molar-refractivity contribution is 7.90. The number of amides is 2. The number of methoxy groups -OCH3 is 1. The first-order valence-corrected chi connectivity index (χ1v) is 19.1. The van der Waals surface area contributed by atoms with E-state index in [-0.39, 0.29) is 23.9 Å². The van der Waals surface area contributed by atoms with E-state index >= 15 is 4.79 Å². The molecule has 5 aliphatic rings. The van der Waals surface area contributed by atoms with Gasteiger partial charge in [0.2, 0.25) is 15.9 Å². The van der Waals surface area contributed by atoms with Crippen LogP contribution in [-0.4, -0.2) is 92.4 Å². The van der Waals surface area contributed by atoms with E-state index < -0.39 is 26.6 Å². The first-order valence-electron chi connectivity index (χ1n) is 17.5. The van der Waals surface area contributed by atoms with Crippen molar-refractivity contribution in [3.63, 3.8) is 0 Å². The summed E-state index contributed by atoms with van der Waals surface area (Å²) in [6.07, 6.45) is 6.47. The number of likely N-dealkylation sites (N-methyl/N-ethyl adjacent to an activating group) is 1. The van der Waals surface area contributed by atoms with Gasteiger partial charge in [0.05, 0.1) is 48.8 Å². The molecule has 8 rings (SSSR count). The monoisotopic (exact) mass is 674 g/mol. The lowest BCUT2D eigenvalue weighted by molar-refractivity contribution is -0.160. The fraction of sp³-hybridized carbons (Fsp3) is 0.568. The topological polar surface area (TPSA) is 110 Å². The molecular weight excluding hydrogens is 628 g/mol. The van der Waals surface area contributed by atoms with Gasteiger partial charge in [-0.2, -0.15) is 0 Å². The number of piperazine rings is 1. The predicted molar refractivity (Wildman–Crippen MR) is 184 cm³/mol. The smallest absolute Gasteiger partial charge is 0.264 e. The molecule has 2 aliphatic carbocycles. The standard InChI is InChI=1S/C37H46N4O6S/c1-22(2)48(44,45)38-35(42)24-10-12-29-32(14-24)40-21-37(36(43)41-25-17-39(3)18-26(41)20-47-19-25)16-31(37)30-15-27(46-4)11-13-28(30)34(40)33(29)23-8-6-5-7-9-23/h10-15,22-23,25-26,31H,5-9,16-21H2,1-4H3,(H,38,42)/t25-,26?,31?,37?/m1/s1. The molecule has 4 heterocycles. The number of hydrogen-bond donors (Lipinski definition) is 1. The molecule has 10 nitrogen and oxygen atoms in total. The molecule has 2 amide bonds. The van der Waals surface area contributed by atoms with Crippen LogP contribution in [0.5, 0.6) is 5.75 Å². The number of sulfonamides is 1. The van der Waals surface area contributed by atoms with E-state index in [0.717, 1.165) is 65.8 Å². The first-order chi connectivity index (χ1) is 23.0. The van der Waals surface area contributed by atoms with Crippen LogP contribution in [0.4, 0.5) is 0 Å². The molecule has 0 spiro atoms. The van der Waals surface area contributed by atoms with Crippen LogP contribution in [0.3, 0.4) is 0 Å². The van der Waals surface area contributed by atoms with Crippen LogP contribution < -0.4 is 9.46 Å². The molecule has 11 heteroatoms. The van der Waals surface area contributed by atoms with Crippen molar-refractivity contribution >= 4 is 32.7 Å². The Kier molecular flexibility index (Phi) is 7.69. The van der Waals surface area contributed by atoms with Crippen molar-refractivity contribution in [3.05, 3.63) is 53.1 Å². The Morgan fingerprint density at radius 2 is 1.75 bits per heavy atom. The number of rotatable bonds is 6. The van der Waals surface area contributed by atoms with E-state index in [0.29, 0.717) is 31.2 Å². The normalized spacial score (nSPS) is 27.2. The van der Waals surface area contributed by atoms with E-state index in [1.807, 2.05) is 18.2 Å². The second-order valence-corrected chi connectivity index (χ2v) is 17.3. The highest BCUT2D eigenvalue weighted by Crippen LogP contribution is 2.66. The van der Waals surface area contributed by atoms with Gasteiger partial charge in [-0.25, -0.2) is 13.1 Å². The molecule has 2 aromatic carbocycles. The zero-order chi connectivity index (χ0) is 33.5. The molecule has 4 fully saturated rings. The van der Waals surface area contributed by atoms with Gasteiger partial charge >= 0.3 is 0 Å². The first kappa shape index (κ1) is 31.8. The van der Waals surface area contributed by atoms with Crippen LogP contribution >= 0.6 is 0 Å².